The highest BCUT2D eigenvalue weighted by Crippen LogP contribution is 2.24. The predicted octanol–water partition coefficient (Wildman–Crippen LogP) is 6.27. The van der Waals surface area contributed by atoms with Gasteiger partial charge in [-0.15, -0.1) is 0 Å². The third-order valence-corrected chi connectivity index (χ3v) is 5.49. The number of rotatable bonds is 9. The SMILES string of the molecule is CCCOc1cnc(CCc2ccc3c(F)c(CCc4ccc(F)cc4)ccc3c2)nc1. The Kier molecular flexibility index (Phi) is 7.05. The van der Waals surface area contributed by atoms with Crippen molar-refractivity contribution in [3.8, 4) is 5.75 Å². The molecule has 32 heavy (non-hydrogen) atoms. The van der Waals surface area contributed by atoms with E-state index in [-0.39, 0.29) is 11.6 Å². The fraction of sp³-hybridized carbons (Fsp3) is 0.259. The Hall–Kier alpha value is -3.34. The van der Waals surface area contributed by atoms with Crippen LogP contribution in [0, 0.1) is 11.6 Å². The van der Waals surface area contributed by atoms with Crippen molar-refractivity contribution >= 4 is 10.8 Å². The van der Waals surface area contributed by atoms with Crippen LogP contribution in [0.1, 0.15) is 35.9 Å². The molecule has 0 unspecified atom stereocenters. The van der Waals surface area contributed by atoms with Gasteiger partial charge in [-0.3, -0.25) is 0 Å². The van der Waals surface area contributed by atoms with Crippen LogP contribution in [-0.4, -0.2) is 16.6 Å². The zero-order valence-electron chi connectivity index (χ0n) is 18.2. The highest BCUT2D eigenvalue weighted by Gasteiger charge is 2.09. The molecule has 4 aromatic rings. The summed E-state index contributed by atoms with van der Waals surface area (Å²) in [5, 5.41) is 1.51. The maximum absolute atomic E-state index is 15.1. The maximum Gasteiger partial charge on any atom is 0.155 e. The largest absolute Gasteiger partial charge is 0.490 e. The van der Waals surface area contributed by atoms with Gasteiger partial charge in [0.05, 0.1) is 19.0 Å². The summed E-state index contributed by atoms with van der Waals surface area (Å²) in [6.45, 7) is 2.71. The molecule has 0 saturated carbocycles. The topological polar surface area (TPSA) is 35.0 Å². The van der Waals surface area contributed by atoms with Crippen LogP contribution >= 0.6 is 0 Å². The van der Waals surface area contributed by atoms with E-state index in [9.17, 15) is 4.39 Å². The Bertz CT molecular complexity index is 1170. The van der Waals surface area contributed by atoms with Crippen molar-refractivity contribution < 1.29 is 13.5 Å². The lowest BCUT2D eigenvalue weighted by molar-refractivity contribution is 0.314. The van der Waals surface area contributed by atoms with Gasteiger partial charge in [0.25, 0.3) is 0 Å². The molecule has 1 heterocycles. The van der Waals surface area contributed by atoms with E-state index in [1.54, 1.807) is 24.5 Å². The highest BCUT2D eigenvalue weighted by molar-refractivity contribution is 5.84. The summed E-state index contributed by atoms with van der Waals surface area (Å²) in [6, 6.07) is 16.0. The van der Waals surface area contributed by atoms with Gasteiger partial charge < -0.3 is 4.74 Å². The predicted molar refractivity (Wildman–Crippen MR) is 123 cm³/mol. The number of hydrogen-bond acceptors (Lipinski definition) is 3. The van der Waals surface area contributed by atoms with Crippen molar-refractivity contribution in [1.82, 2.24) is 9.97 Å². The number of ether oxygens (including phenoxy) is 1. The number of nitrogens with zero attached hydrogens (tertiary/aromatic N) is 2. The Morgan fingerprint density at radius 3 is 2.25 bits per heavy atom. The first-order valence-electron chi connectivity index (χ1n) is 11.0. The first-order chi connectivity index (χ1) is 15.6. The van der Waals surface area contributed by atoms with E-state index < -0.39 is 0 Å². The second kappa shape index (κ2) is 10.3. The minimum atomic E-state index is -0.258. The molecule has 3 nitrogen and oxygen atoms in total. The number of benzene rings is 3. The normalized spacial score (nSPS) is 11.1. The van der Waals surface area contributed by atoms with Gasteiger partial charge in [-0.05, 0) is 59.9 Å². The summed E-state index contributed by atoms with van der Waals surface area (Å²) in [5.41, 5.74) is 2.78. The number of aromatic nitrogens is 2. The van der Waals surface area contributed by atoms with E-state index in [0.29, 0.717) is 42.6 Å². The molecule has 0 aliphatic rings. The van der Waals surface area contributed by atoms with E-state index in [1.165, 1.54) is 12.1 Å². The Balaban J connectivity index is 1.40. The van der Waals surface area contributed by atoms with Gasteiger partial charge in [-0.1, -0.05) is 49.4 Å². The third kappa shape index (κ3) is 5.47. The summed E-state index contributed by atoms with van der Waals surface area (Å²) in [4.78, 5) is 8.74. The first-order valence-corrected chi connectivity index (χ1v) is 11.0. The van der Waals surface area contributed by atoms with Crippen molar-refractivity contribution in [3.05, 3.63) is 101 Å². The fourth-order valence-corrected chi connectivity index (χ4v) is 3.69. The second-order valence-electron chi connectivity index (χ2n) is 7.90. The molecule has 0 fully saturated rings. The zero-order chi connectivity index (χ0) is 22.3. The summed E-state index contributed by atoms with van der Waals surface area (Å²) in [7, 11) is 0. The average Bonchev–Trinajstić information content (AvgIpc) is 2.82. The molecule has 0 atom stereocenters. The van der Waals surface area contributed by atoms with E-state index in [4.69, 9.17) is 4.74 Å². The molecule has 1 aromatic heterocycles. The Labute approximate surface area is 187 Å². The van der Waals surface area contributed by atoms with E-state index in [2.05, 4.69) is 16.9 Å². The number of aryl methyl sites for hydroxylation is 4. The van der Waals surface area contributed by atoms with E-state index in [0.717, 1.165) is 35.2 Å². The molecule has 0 radical (unpaired) electrons. The van der Waals surface area contributed by atoms with Gasteiger partial charge in [0.15, 0.2) is 5.75 Å². The van der Waals surface area contributed by atoms with Gasteiger partial charge in [-0.2, -0.15) is 0 Å². The van der Waals surface area contributed by atoms with Crippen LogP contribution in [-0.2, 0) is 25.7 Å². The molecule has 0 amide bonds. The average molecular weight is 433 g/mol. The van der Waals surface area contributed by atoms with Crippen molar-refractivity contribution in [2.75, 3.05) is 6.61 Å². The lowest BCUT2D eigenvalue weighted by Gasteiger charge is -2.09. The van der Waals surface area contributed by atoms with Gasteiger partial charge in [0.2, 0.25) is 0 Å². The molecular formula is C27H26F2N2O. The van der Waals surface area contributed by atoms with Crippen molar-refractivity contribution in [3.63, 3.8) is 0 Å². The Morgan fingerprint density at radius 2 is 1.50 bits per heavy atom. The van der Waals surface area contributed by atoms with Crippen molar-refractivity contribution in [1.29, 1.82) is 0 Å². The molecular weight excluding hydrogens is 406 g/mol. The first kappa shape index (κ1) is 21.9. The quantitative estimate of drug-likeness (QED) is 0.313. The van der Waals surface area contributed by atoms with Crippen molar-refractivity contribution in [2.45, 2.75) is 39.0 Å². The van der Waals surface area contributed by atoms with Gasteiger partial charge >= 0.3 is 0 Å². The Morgan fingerprint density at radius 1 is 0.781 bits per heavy atom. The number of hydrogen-bond donors (Lipinski definition) is 0. The summed E-state index contributed by atoms with van der Waals surface area (Å²) >= 11 is 0. The molecule has 4 rings (SSSR count). The van der Waals surface area contributed by atoms with Gasteiger partial charge in [-0.25, -0.2) is 18.7 Å². The third-order valence-electron chi connectivity index (χ3n) is 5.49. The second-order valence-corrected chi connectivity index (χ2v) is 7.90. The number of halogens is 2. The lowest BCUT2D eigenvalue weighted by atomic mass is 9.98. The minimum absolute atomic E-state index is 0.179. The van der Waals surface area contributed by atoms with Crippen LogP contribution in [0.4, 0.5) is 8.78 Å². The summed E-state index contributed by atoms with van der Waals surface area (Å²) in [6.07, 6.45) is 7.09. The molecule has 3 aromatic carbocycles. The maximum atomic E-state index is 15.1. The molecule has 0 N–H and O–H groups in total. The fourth-order valence-electron chi connectivity index (χ4n) is 3.69. The highest BCUT2D eigenvalue weighted by atomic mass is 19.1. The summed E-state index contributed by atoms with van der Waals surface area (Å²) < 4.78 is 33.6. The van der Waals surface area contributed by atoms with Crippen LogP contribution in [0.3, 0.4) is 0 Å². The monoisotopic (exact) mass is 432 g/mol. The molecule has 0 bridgehead atoms. The molecule has 164 valence electrons. The van der Waals surface area contributed by atoms with E-state index >= 15 is 4.39 Å². The van der Waals surface area contributed by atoms with Crippen LogP contribution in [0.25, 0.3) is 10.8 Å². The van der Waals surface area contributed by atoms with E-state index in [1.807, 2.05) is 30.3 Å². The van der Waals surface area contributed by atoms with Gasteiger partial charge in [0.1, 0.15) is 17.5 Å². The lowest BCUT2D eigenvalue weighted by Crippen LogP contribution is -2.01. The summed E-state index contributed by atoms with van der Waals surface area (Å²) in [5.74, 6) is 1.01. The van der Waals surface area contributed by atoms with Crippen LogP contribution in [0.5, 0.6) is 5.75 Å². The van der Waals surface area contributed by atoms with Crippen molar-refractivity contribution in [2.24, 2.45) is 0 Å². The minimum Gasteiger partial charge on any atom is -0.490 e. The van der Waals surface area contributed by atoms with Crippen LogP contribution in [0.2, 0.25) is 0 Å². The molecule has 0 saturated heterocycles. The smallest absolute Gasteiger partial charge is 0.155 e. The molecule has 0 aliphatic carbocycles. The van der Waals surface area contributed by atoms with Crippen LogP contribution < -0.4 is 4.74 Å². The molecule has 0 spiro atoms. The zero-order valence-corrected chi connectivity index (χ0v) is 18.2. The standard InChI is InChI=1S/C27H26F2N2O/c1-2-15-32-24-17-30-26(31-18-24)14-7-20-6-13-25-22(16-20)10-9-21(27(25)29)8-3-19-4-11-23(28)12-5-19/h4-6,9-13,16-18H,2-3,7-8,14-15H2,1H3. The van der Waals surface area contributed by atoms with Gasteiger partial charge in [0, 0.05) is 11.8 Å². The van der Waals surface area contributed by atoms with Crippen LogP contribution in [0.15, 0.2) is 67.0 Å². The number of fused-ring (bicyclic) bond motifs is 1. The molecule has 5 heteroatoms. The molecule has 0 aliphatic heterocycles.